The van der Waals surface area contributed by atoms with Gasteiger partial charge in [-0.05, 0) is 65.0 Å². The molecule has 1 amide bonds. The molecule has 0 heterocycles. The molecule has 1 aliphatic rings. The van der Waals surface area contributed by atoms with Crippen LogP contribution in [0.4, 0.5) is 10.1 Å². The topological polar surface area (TPSA) is 82.1 Å². The highest BCUT2D eigenvalue weighted by Crippen LogP contribution is 2.34. The molecular formula is C20H19BrFN3O2. The van der Waals surface area contributed by atoms with Gasteiger partial charge in [-0.3, -0.25) is 15.0 Å². The van der Waals surface area contributed by atoms with Crippen molar-refractivity contribution in [2.24, 2.45) is 11.8 Å². The molecule has 0 aliphatic heterocycles. The van der Waals surface area contributed by atoms with Crippen LogP contribution in [-0.4, -0.2) is 24.1 Å². The van der Waals surface area contributed by atoms with Crippen molar-refractivity contribution in [1.29, 1.82) is 5.41 Å². The van der Waals surface area contributed by atoms with Gasteiger partial charge in [-0.1, -0.05) is 18.2 Å². The molecule has 0 saturated heterocycles. The summed E-state index contributed by atoms with van der Waals surface area (Å²) >= 11 is 3.08. The summed E-state index contributed by atoms with van der Waals surface area (Å²) in [5, 5.41) is 13.5. The number of hydrogen-bond donors (Lipinski definition) is 3. The molecule has 1 fully saturated rings. The van der Waals surface area contributed by atoms with Gasteiger partial charge in [0.05, 0.1) is 4.47 Å². The van der Waals surface area contributed by atoms with Gasteiger partial charge in [0.1, 0.15) is 5.82 Å². The Bertz CT molecular complexity index is 867. The molecule has 2 aromatic carbocycles. The molecule has 0 aromatic heterocycles. The van der Waals surface area contributed by atoms with Gasteiger partial charge < -0.3 is 10.6 Å². The zero-order valence-corrected chi connectivity index (χ0v) is 16.1. The lowest BCUT2D eigenvalue weighted by Gasteiger charge is -2.34. The summed E-state index contributed by atoms with van der Waals surface area (Å²) in [5.74, 6) is -0.974. The number of rotatable bonds is 6. The van der Waals surface area contributed by atoms with E-state index in [0.717, 1.165) is 0 Å². The molecule has 0 atom stereocenters. The first-order valence-corrected chi connectivity index (χ1v) is 9.41. The fourth-order valence-electron chi connectivity index (χ4n) is 3.03. The van der Waals surface area contributed by atoms with E-state index in [1.165, 1.54) is 18.2 Å². The van der Waals surface area contributed by atoms with Crippen LogP contribution in [0.3, 0.4) is 0 Å². The third-order valence-corrected chi connectivity index (χ3v) is 5.24. The molecular weight excluding hydrogens is 413 g/mol. The maximum Gasteiger partial charge on any atom is 0.251 e. The van der Waals surface area contributed by atoms with E-state index < -0.39 is 5.82 Å². The van der Waals surface area contributed by atoms with Crippen LogP contribution in [0.1, 0.15) is 23.2 Å². The van der Waals surface area contributed by atoms with Crippen molar-refractivity contribution in [3.63, 3.8) is 0 Å². The van der Waals surface area contributed by atoms with Crippen LogP contribution in [0, 0.1) is 23.1 Å². The molecule has 1 aliphatic carbocycles. The Hall–Kier alpha value is -2.54. The minimum atomic E-state index is -0.405. The van der Waals surface area contributed by atoms with Crippen molar-refractivity contribution in [1.82, 2.24) is 5.32 Å². The third-order valence-electron chi connectivity index (χ3n) is 4.63. The lowest BCUT2D eigenvalue weighted by molar-refractivity contribution is -0.120. The van der Waals surface area contributed by atoms with Gasteiger partial charge in [-0.15, -0.1) is 0 Å². The van der Waals surface area contributed by atoms with E-state index in [0.29, 0.717) is 30.6 Å². The van der Waals surface area contributed by atoms with Crippen LogP contribution in [0.15, 0.2) is 53.0 Å². The number of carbonyl (C=O) groups excluding carboxylic acids is 2. The Morgan fingerprint density at radius 3 is 2.52 bits per heavy atom. The van der Waals surface area contributed by atoms with E-state index in [1.54, 1.807) is 12.1 Å². The number of hydrogen-bond acceptors (Lipinski definition) is 3. The maximum absolute atomic E-state index is 13.2. The van der Waals surface area contributed by atoms with E-state index in [-0.39, 0.29) is 33.8 Å². The number of nitrogens with one attached hydrogen (secondary N) is 3. The smallest absolute Gasteiger partial charge is 0.251 e. The van der Waals surface area contributed by atoms with Gasteiger partial charge in [0.15, 0.2) is 5.84 Å². The minimum absolute atomic E-state index is 0.123. The molecule has 7 heteroatoms. The predicted molar refractivity (Wildman–Crippen MR) is 105 cm³/mol. The first kappa shape index (κ1) is 19.2. The molecule has 2 aromatic rings. The second kappa shape index (κ2) is 8.43. The molecule has 5 nitrogen and oxygen atoms in total. The lowest BCUT2D eigenvalue weighted by Crippen LogP contribution is -2.42. The van der Waals surface area contributed by atoms with Crippen molar-refractivity contribution < 1.29 is 14.0 Å². The third kappa shape index (κ3) is 4.80. The van der Waals surface area contributed by atoms with Crippen molar-refractivity contribution in [3.8, 4) is 0 Å². The number of Topliss-reactive ketones (excluding diaryl/α,β-unsaturated/α-hetero) is 1. The Morgan fingerprint density at radius 1 is 1.15 bits per heavy atom. The number of halogens is 2. The first-order chi connectivity index (χ1) is 12.9. The zero-order chi connectivity index (χ0) is 19.4. The summed E-state index contributed by atoms with van der Waals surface area (Å²) in [7, 11) is 0. The second-order valence-electron chi connectivity index (χ2n) is 6.60. The van der Waals surface area contributed by atoms with Gasteiger partial charge in [-0.25, -0.2) is 4.39 Å². The average Bonchev–Trinajstić information content (AvgIpc) is 2.63. The fourth-order valence-corrected chi connectivity index (χ4v) is 3.41. The van der Waals surface area contributed by atoms with Gasteiger partial charge in [-0.2, -0.15) is 0 Å². The van der Waals surface area contributed by atoms with Gasteiger partial charge >= 0.3 is 0 Å². The molecule has 0 unspecified atom stereocenters. The average molecular weight is 432 g/mol. The quantitative estimate of drug-likeness (QED) is 0.477. The van der Waals surface area contributed by atoms with Crippen LogP contribution < -0.4 is 10.6 Å². The van der Waals surface area contributed by atoms with Crippen LogP contribution in [-0.2, 0) is 4.79 Å². The van der Waals surface area contributed by atoms with E-state index in [9.17, 15) is 14.0 Å². The van der Waals surface area contributed by atoms with E-state index in [2.05, 4.69) is 26.6 Å². The van der Waals surface area contributed by atoms with Gasteiger partial charge in [0.25, 0.3) is 5.91 Å². The molecule has 140 valence electrons. The molecule has 0 radical (unpaired) electrons. The van der Waals surface area contributed by atoms with Crippen molar-refractivity contribution in [2.45, 2.75) is 12.8 Å². The normalized spacial score (nSPS) is 18.3. The predicted octanol–water partition coefficient (Wildman–Crippen LogP) is 4.00. The van der Waals surface area contributed by atoms with Crippen molar-refractivity contribution in [3.05, 3.63) is 64.4 Å². The van der Waals surface area contributed by atoms with Crippen LogP contribution in [0.5, 0.6) is 0 Å². The monoisotopic (exact) mass is 431 g/mol. The Labute approximate surface area is 165 Å². The first-order valence-electron chi connectivity index (χ1n) is 8.62. The molecule has 1 saturated carbocycles. The highest BCUT2D eigenvalue weighted by molar-refractivity contribution is 9.10. The summed E-state index contributed by atoms with van der Waals surface area (Å²) in [6.07, 6.45) is 1.29. The molecule has 3 rings (SSSR count). The molecule has 3 N–H and O–H groups in total. The molecule has 0 spiro atoms. The van der Waals surface area contributed by atoms with Crippen molar-refractivity contribution in [2.75, 3.05) is 11.9 Å². The van der Waals surface area contributed by atoms with Crippen LogP contribution in [0.25, 0.3) is 0 Å². The van der Waals surface area contributed by atoms with Gasteiger partial charge in [0, 0.05) is 23.7 Å². The highest BCUT2D eigenvalue weighted by atomic mass is 79.9. The standard InChI is InChI=1S/C20H19BrFN3O2/c21-16-10-15(6-7-17(16)22)25-19(23)18(26)14-8-12(9-14)11-24-20(27)13-4-2-1-3-5-13/h1-7,10,12,14H,8-9,11H2,(H2,23,25)(H,24,27). The van der Waals surface area contributed by atoms with E-state index in [1.807, 2.05) is 18.2 Å². The Kier molecular flexibility index (Phi) is 6.01. The van der Waals surface area contributed by atoms with Crippen molar-refractivity contribution >= 4 is 39.1 Å². The summed E-state index contributed by atoms with van der Waals surface area (Å²) < 4.78 is 13.5. The number of amidine groups is 1. The van der Waals surface area contributed by atoms with Crippen LogP contribution >= 0.6 is 15.9 Å². The molecule has 27 heavy (non-hydrogen) atoms. The van der Waals surface area contributed by atoms with E-state index in [4.69, 9.17) is 5.41 Å². The maximum atomic E-state index is 13.2. The zero-order valence-electron chi connectivity index (χ0n) is 14.5. The summed E-state index contributed by atoms with van der Waals surface area (Å²) in [6, 6.07) is 13.2. The number of anilines is 1. The lowest BCUT2D eigenvalue weighted by atomic mass is 9.72. The Balaban J connectivity index is 1.43. The largest absolute Gasteiger partial charge is 0.352 e. The Morgan fingerprint density at radius 2 is 1.85 bits per heavy atom. The number of ketones is 1. The number of carbonyl (C=O) groups is 2. The fraction of sp³-hybridized carbons (Fsp3) is 0.250. The number of benzene rings is 2. The summed E-state index contributed by atoms with van der Waals surface area (Å²) in [5.41, 5.74) is 1.09. The molecule has 0 bridgehead atoms. The highest BCUT2D eigenvalue weighted by Gasteiger charge is 2.36. The minimum Gasteiger partial charge on any atom is -0.352 e. The SMILES string of the molecule is N=C(Nc1ccc(F)c(Br)c1)C(=O)C1CC(CNC(=O)c2ccccc2)C1. The van der Waals surface area contributed by atoms with E-state index >= 15 is 0 Å². The number of amides is 1. The summed E-state index contributed by atoms with van der Waals surface area (Å²) in [6.45, 7) is 0.517. The van der Waals surface area contributed by atoms with Gasteiger partial charge in [0.2, 0.25) is 5.78 Å². The van der Waals surface area contributed by atoms with Crippen LogP contribution in [0.2, 0.25) is 0 Å². The second-order valence-corrected chi connectivity index (χ2v) is 7.46. The summed E-state index contributed by atoms with van der Waals surface area (Å²) in [4.78, 5) is 24.3.